The van der Waals surface area contributed by atoms with E-state index in [1.807, 2.05) is 6.92 Å². The molecule has 22 heavy (non-hydrogen) atoms. The molecule has 2 aromatic rings. The van der Waals surface area contributed by atoms with Gasteiger partial charge in [0.05, 0.1) is 11.8 Å². The van der Waals surface area contributed by atoms with Crippen molar-refractivity contribution in [3.63, 3.8) is 0 Å². The first-order valence-electron chi connectivity index (χ1n) is 7.03. The fourth-order valence-electron chi connectivity index (χ4n) is 2.09. The lowest BCUT2D eigenvalue weighted by Crippen LogP contribution is -2.29. The van der Waals surface area contributed by atoms with E-state index in [1.54, 1.807) is 12.1 Å². The number of methoxy groups -OCH3 is 1. The fourth-order valence-corrected chi connectivity index (χ4v) is 2.72. The Bertz CT molecular complexity index is 633. The zero-order chi connectivity index (χ0) is 15.9. The van der Waals surface area contributed by atoms with Crippen LogP contribution in [0.1, 0.15) is 40.4 Å². The Labute approximate surface area is 132 Å². The van der Waals surface area contributed by atoms with E-state index < -0.39 is 6.10 Å². The highest BCUT2D eigenvalue weighted by Gasteiger charge is 2.18. The minimum absolute atomic E-state index is 0.225. The SMILES string of the molecule is CCCc1nnsc1C(=O)NCC(OC)c1cccc(F)c1. The van der Waals surface area contributed by atoms with Gasteiger partial charge in [-0.1, -0.05) is 30.0 Å². The number of nitrogens with one attached hydrogen (secondary N) is 1. The van der Waals surface area contributed by atoms with Crippen LogP contribution in [0.25, 0.3) is 0 Å². The van der Waals surface area contributed by atoms with E-state index >= 15 is 0 Å². The highest BCUT2D eigenvalue weighted by Crippen LogP contribution is 2.18. The van der Waals surface area contributed by atoms with Crippen molar-refractivity contribution in [1.82, 2.24) is 14.9 Å². The topological polar surface area (TPSA) is 64.1 Å². The van der Waals surface area contributed by atoms with Gasteiger partial charge in [0.2, 0.25) is 0 Å². The second-order valence-electron chi connectivity index (χ2n) is 4.79. The molecule has 0 radical (unpaired) electrons. The third-order valence-electron chi connectivity index (χ3n) is 3.20. The van der Waals surface area contributed by atoms with Gasteiger partial charge in [0.25, 0.3) is 5.91 Å². The number of halogens is 1. The standard InChI is InChI=1S/C15H18FN3O2S/c1-3-5-12-14(22-19-18-12)15(20)17-9-13(21-2)10-6-4-7-11(16)8-10/h4,6-8,13H,3,5,9H2,1-2H3,(H,17,20). The Kier molecular flexibility index (Phi) is 5.97. The van der Waals surface area contributed by atoms with Crippen molar-refractivity contribution in [2.45, 2.75) is 25.9 Å². The summed E-state index contributed by atoms with van der Waals surface area (Å²) >= 11 is 1.08. The molecule has 1 heterocycles. The molecule has 5 nitrogen and oxygen atoms in total. The average molecular weight is 323 g/mol. The average Bonchev–Trinajstić information content (AvgIpc) is 2.96. The third kappa shape index (κ3) is 4.08. The number of hydrogen-bond donors (Lipinski definition) is 1. The van der Waals surface area contributed by atoms with Gasteiger partial charge in [-0.3, -0.25) is 4.79 Å². The molecule has 7 heteroatoms. The van der Waals surface area contributed by atoms with Crippen LogP contribution in [-0.4, -0.2) is 29.1 Å². The lowest BCUT2D eigenvalue weighted by molar-refractivity contribution is 0.0829. The predicted octanol–water partition coefficient (Wildman–Crippen LogP) is 2.75. The Morgan fingerprint density at radius 2 is 2.32 bits per heavy atom. The quantitative estimate of drug-likeness (QED) is 0.851. The number of carbonyl (C=O) groups excluding carboxylic acids is 1. The van der Waals surface area contributed by atoms with E-state index in [1.165, 1.54) is 19.2 Å². The summed E-state index contributed by atoms with van der Waals surface area (Å²) < 4.78 is 22.4. The summed E-state index contributed by atoms with van der Waals surface area (Å²) in [7, 11) is 1.53. The van der Waals surface area contributed by atoms with Crippen LogP contribution in [0.5, 0.6) is 0 Å². The van der Waals surface area contributed by atoms with Crippen molar-refractivity contribution in [2.24, 2.45) is 0 Å². The van der Waals surface area contributed by atoms with Gasteiger partial charge in [-0.15, -0.1) is 5.10 Å². The number of ether oxygens (including phenoxy) is 1. The summed E-state index contributed by atoms with van der Waals surface area (Å²) in [6.07, 6.45) is 1.21. The second-order valence-corrected chi connectivity index (χ2v) is 5.54. The molecule has 1 aromatic heterocycles. The van der Waals surface area contributed by atoms with E-state index in [2.05, 4.69) is 14.9 Å². The van der Waals surface area contributed by atoms with Gasteiger partial charge in [-0.25, -0.2) is 4.39 Å². The van der Waals surface area contributed by atoms with Crippen molar-refractivity contribution < 1.29 is 13.9 Å². The minimum atomic E-state index is -0.407. The molecular weight excluding hydrogens is 305 g/mol. The molecule has 0 aliphatic carbocycles. The first-order chi connectivity index (χ1) is 10.7. The van der Waals surface area contributed by atoms with Crippen LogP contribution in [0.15, 0.2) is 24.3 Å². The molecule has 1 aromatic carbocycles. The third-order valence-corrected chi connectivity index (χ3v) is 3.97. The molecule has 1 unspecified atom stereocenters. The highest BCUT2D eigenvalue weighted by atomic mass is 32.1. The largest absolute Gasteiger partial charge is 0.375 e. The first-order valence-corrected chi connectivity index (χ1v) is 7.80. The monoisotopic (exact) mass is 323 g/mol. The normalized spacial score (nSPS) is 12.1. The van der Waals surface area contributed by atoms with Gasteiger partial charge in [0.15, 0.2) is 0 Å². The van der Waals surface area contributed by atoms with Crippen LogP contribution in [-0.2, 0) is 11.2 Å². The number of rotatable bonds is 7. The van der Waals surface area contributed by atoms with Gasteiger partial charge in [0, 0.05) is 13.7 Å². The Balaban J connectivity index is 2.01. The van der Waals surface area contributed by atoms with E-state index in [-0.39, 0.29) is 18.3 Å². The van der Waals surface area contributed by atoms with E-state index in [0.717, 1.165) is 24.4 Å². The molecule has 0 saturated heterocycles. The molecule has 1 atom stereocenters. The zero-order valence-electron chi connectivity index (χ0n) is 12.5. The van der Waals surface area contributed by atoms with Gasteiger partial charge >= 0.3 is 0 Å². The maximum atomic E-state index is 13.3. The van der Waals surface area contributed by atoms with E-state index in [4.69, 9.17) is 4.74 Å². The molecule has 0 saturated carbocycles. The maximum absolute atomic E-state index is 13.3. The smallest absolute Gasteiger partial charge is 0.265 e. The molecule has 1 amide bonds. The number of amides is 1. The molecule has 0 bridgehead atoms. The second kappa shape index (κ2) is 7.95. The maximum Gasteiger partial charge on any atom is 0.265 e. The van der Waals surface area contributed by atoms with Gasteiger partial charge in [-0.2, -0.15) is 0 Å². The summed E-state index contributed by atoms with van der Waals surface area (Å²) in [4.78, 5) is 12.7. The van der Waals surface area contributed by atoms with Crippen LogP contribution in [0, 0.1) is 5.82 Å². The molecule has 0 aliphatic rings. The number of benzene rings is 1. The van der Waals surface area contributed by atoms with Crippen LogP contribution >= 0.6 is 11.5 Å². The van der Waals surface area contributed by atoms with Crippen LogP contribution < -0.4 is 5.32 Å². The van der Waals surface area contributed by atoms with Gasteiger partial charge in [0.1, 0.15) is 10.7 Å². The number of aromatic nitrogens is 2. The Morgan fingerprint density at radius 3 is 3.00 bits per heavy atom. The summed E-state index contributed by atoms with van der Waals surface area (Å²) in [6.45, 7) is 2.27. The summed E-state index contributed by atoms with van der Waals surface area (Å²) in [5.74, 6) is -0.556. The highest BCUT2D eigenvalue weighted by molar-refractivity contribution is 7.08. The molecule has 0 fully saturated rings. The number of aryl methyl sites for hydroxylation is 1. The summed E-state index contributed by atoms with van der Waals surface area (Å²) in [5, 5.41) is 6.77. The summed E-state index contributed by atoms with van der Waals surface area (Å²) in [5.41, 5.74) is 1.39. The lowest BCUT2D eigenvalue weighted by atomic mass is 10.1. The van der Waals surface area contributed by atoms with Crippen molar-refractivity contribution >= 4 is 17.4 Å². The number of carbonyl (C=O) groups is 1. The van der Waals surface area contributed by atoms with E-state index in [0.29, 0.717) is 16.1 Å². The number of nitrogens with zero attached hydrogens (tertiary/aromatic N) is 2. The minimum Gasteiger partial charge on any atom is -0.375 e. The zero-order valence-corrected chi connectivity index (χ0v) is 13.3. The Morgan fingerprint density at radius 1 is 1.50 bits per heavy atom. The van der Waals surface area contributed by atoms with Crippen LogP contribution in [0.2, 0.25) is 0 Å². The Hall–Kier alpha value is -1.86. The van der Waals surface area contributed by atoms with Crippen molar-refractivity contribution in [3.05, 3.63) is 46.2 Å². The molecule has 1 N–H and O–H groups in total. The van der Waals surface area contributed by atoms with Crippen molar-refractivity contribution in [2.75, 3.05) is 13.7 Å². The molecular formula is C15H18FN3O2S. The van der Waals surface area contributed by atoms with Gasteiger partial charge < -0.3 is 10.1 Å². The number of hydrogen-bond acceptors (Lipinski definition) is 5. The fraction of sp³-hybridized carbons (Fsp3) is 0.400. The predicted molar refractivity (Wildman–Crippen MR) is 82.4 cm³/mol. The van der Waals surface area contributed by atoms with Gasteiger partial charge in [-0.05, 0) is 35.6 Å². The van der Waals surface area contributed by atoms with Crippen molar-refractivity contribution in [3.8, 4) is 0 Å². The first kappa shape index (κ1) is 16.5. The molecule has 118 valence electrons. The van der Waals surface area contributed by atoms with Crippen molar-refractivity contribution in [1.29, 1.82) is 0 Å². The molecule has 0 spiro atoms. The summed E-state index contributed by atoms with van der Waals surface area (Å²) in [6, 6.07) is 6.15. The van der Waals surface area contributed by atoms with E-state index in [9.17, 15) is 9.18 Å². The van der Waals surface area contributed by atoms with Crippen LogP contribution in [0.3, 0.4) is 0 Å². The van der Waals surface area contributed by atoms with Crippen LogP contribution in [0.4, 0.5) is 4.39 Å². The lowest BCUT2D eigenvalue weighted by Gasteiger charge is -2.16. The molecule has 2 rings (SSSR count). The molecule has 0 aliphatic heterocycles.